The van der Waals surface area contributed by atoms with Gasteiger partial charge in [-0.15, -0.1) is 0 Å². The van der Waals surface area contributed by atoms with Crippen LogP contribution in [0.4, 0.5) is 0 Å². The van der Waals surface area contributed by atoms with Gasteiger partial charge in [-0.3, -0.25) is 4.89 Å². The summed E-state index contributed by atoms with van der Waals surface area (Å²) in [7, 11) is 0. The van der Waals surface area contributed by atoms with Gasteiger partial charge in [0.25, 0.3) is 0 Å². The fourth-order valence-corrected chi connectivity index (χ4v) is 0.453. The first-order valence-corrected chi connectivity index (χ1v) is 3.39. The van der Waals surface area contributed by atoms with Crippen LogP contribution in [-0.2, 0) is 8.83 Å². The lowest BCUT2D eigenvalue weighted by atomic mass is 10.4. The SMILES string of the molecule is CCCCO[O][AlH2]. The van der Waals surface area contributed by atoms with Crippen molar-refractivity contribution in [3.05, 3.63) is 0 Å². The van der Waals surface area contributed by atoms with Crippen molar-refractivity contribution < 1.29 is 8.83 Å². The normalized spacial score (nSPS) is 9.29. The maximum Gasteiger partial charge on any atom is 0.465 e. The molecule has 0 aliphatic carbocycles. The van der Waals surface area contributed by atoms with Crippen molar-refractivity contribution in [1.29, 1.82) is 0 Å². The molecule has 0 N–H and O–H groups in total. The molecule has 0 saturated heterocycles. The van der Waals surface area contributed by atoms with Gasteiger partial charge in [0.2, 0.25) is 0 Å². The van der Waals surface area contributed by atoms with Gasteiger partial charge in [0.1, 0.15) is 0 Å². The molecule has 0 aromatic heterocycles. The molecule has 42 valence electrons. The van der Waals surface area contributed by atoms with E-state index in [2.05, 4.69) is 15.8 Å². The summed E-state index contributed by atoms with van der Waals surface area (Å²) < 4.78 is 4.48. The van der Waals surface area contributed by atoms with Gasteiger partial charge in [0.05, 0.1) is 6.61 Å². The highest BCUT2D eigenvalue weighted by Gasteiger charge is 1.79. The van der Waals surface area contributed by atoms with E-state index in [1.165, 1.54) is 6.42 Å². The minimum absolute atomic E-state index is 0.684. The van der Waals surface area contributed by atoms with Crippen LogP contribution in [0.25, 0.3) is 0 Å². The molecule has 0 unspecified atom stereocenters. The molecule has 0 rings (SSSR count). The van der Waals surface area contributed by atoms with Crippen molar-refractivity contribution in [2.75, 3.05) is 6.61 Å². The van der Waals surface area contributed by atoms with E-state index < -0.39 is 0 Å². The van der Waals surface area contributed by atoms with Crippen molar-refractivity contribution in [3.8, 4) is 0 Å². The Morgan fingerprint density at radius 2 is 2.29 bits per heavy atom. The van der Waals surface area contributed by atoms with Gasteiger partial charge in [-0.05, 0) is 6.42 Å². The molecular weight excluding hydrogens is 107 g/mol. The standard InChI is InChI=1S/C4H10O2.Al.2H/c1-2-3-4-6-5;;;/h5H,2-4H2,1H3;;;/q;+1;;/p-1. The molecule has 0 bridgehead atoms. The van der Waals surface area contributed by atoms with Crippen LogP contribution in [0.1, 0.15) is 19.8 Å². The first kappa shape index (κ1) is 7.45. The molecule has 3 heteroatoms. The van der Waals surface area contributed by atoms with Crippen LogP contribution < -0.4 is 0 Å². The number of hydrogen-bond acceptors (Lipinski definition) is 2. The third kappa shape index (κ3) is 6.45. The van der Waals surface area contributed by atoms with Gasteiger partial charge >= 0.3 is 16.6 Å². The topological polar surface area (TPSA) is 18.5 Å². The first-order chi connectivity index (χ1) is 3.41. The average molecular weight is 118 g/mol. The van der Waals surface area contributed by atoms with E-state index in [1.807, 2.05) is 0 Å². The van der Waals surface area contributed by atoms with Crippen LogP contribution in [0.2, 0.25) is 0 Å². The Morgan fingerprint density at radius 3 is 2.71 bits per heavy atom. The highest BCUT2D eigenvalue weighted by molar-refractivity contribution is 5.97. The highest BCUT2D eigenvalue weighted by Crippen LogP contribution is 1.85. The van der Waals surface area contributed by atoms with Gasteiger partial charge in [-0.2, -0.15) is 0 Å². The summed E-state index contributed by atoms with van der Waals surface area (Å²) in [5, 5.41) is 0. The molecule has 0 amide bonds. The average Bonchev–Trinajstić information content (AvgIpc) is 1.69. The maximum atomic E-state index is 4.64. The summed E-state index contributed by atoms with van der Waals surface area (Å²) in [6.45, 7) is 2.87. The zero-order chi connectivity index (χ0) is 5.54. The van der Waals surface area contributed by atoms with Crippen LogP contribution in [0.3, 0.4) is 0 Å². The molecular formula is C4H11AlO2. The Kier molecular flexibility index (Phi) is 6.87. The molecule has 0 atom stereocenters. The van der Waals surface area contributed by atoms with Crippen molar-refractivity contribution in [3.63, 3.8) is 0 Å². The molecule has 0 aliphatic rings. The minimum atomic E-state index is 0.684. The van der Waals surface area contributed by atoms with E-state index in [4.69, 9.17) is 0 Å². The third-order valence-corrected chi connectivity index (χ3v) is 0.935. The van der Waals surface area contributed by atoms with E-state index >= 15 is 0 Å². The van der Waals surface area contributed by atoms with Crippen LogP contribution in [0.5, 0.6) is 0 Å². The van der Waals surface area contributed by atoms with E-state index in [1.54, 1.807) is 0 Å². The van der Waals surface area contributed by atoms with Crippen molar-refractivity contribution in [1.82, 2.24) is 0 Å². The molecule has 0 aliphatic heterocycles. The Bertz CT molecular complexity index is 28.9. The zero-order valence-electron chi connectivity index (χ0n) is 4.94. The van der Waals surface area contributed by atoms with Crippen LogP contribution >= 0.6 is 0 Å². The summed E-state index contributed by atoms with van der Waals surface area (Å²) in [5.74, 6) is 0. The van der Waals surface area contributed by atoms with E-state index in [0.717, 1.165) is 13.0 Å². The van der Waals surface area contributed by atoms with Gasteiger partial charge in [-0.1, -0.05) is 13.3 Å². The van der Waals surface area contributed by atoms with Gasteiger partial charge in [0.15, 0.2) is 0 Å². The van der Waals surface area contributed by atoms with Gasteiger partial charge in [0, 0.05) is 0 Å². The Hall–Kier alpha value is 0.452. The summed E-state index contributed by atoms with van der Waals surface area (Å²) >= 11 is 0.684. The zero-order valence-corrected chi connectivity index (χ0v) is 6.94. The predicted octanol–water partition coefficient (Wildman–Crippen LogP) is 0.283. The Morgan fingerprint density at radius 1 is 1.57 bits per heavy atom. The second-order valence-electron chi connectivity index (χ2n) is 1.34. The van der Waals surface area contributed by atoms with Crippen LogP contribution in [0, 0.1) is 0 Å². The van der Waals surface area contributed by atoms with Crippen LogP contribution in [0.15, 0.2) is 0 Å². The second-order valence-corrected chi connectivity index (χ2v) is 1.68. The van der Waals surface area contributed by atoms with Crippen LogP contribution in [-0.4, -0.2) is 23.2 Å². The highest BCUT2D eigenvalue weighted by atomic mass is 27.1. The quantitative estimate of drug-likeness (QED) is 0.228. The molecule has 0 radical (unpaired) electrons. The van der Waals surface area contributed by atoms with E-state index in [9.17, 15) is 0 Å². The van der Waals surface area contributed by atoms with Crippen molar-refractivity contribution in [2.24, 2.45) is 0 Å². The fraction of sp³-hybridized carbons (Fsp3) is 1.00. The summed E-state index contributed by atoms with van der Waals surface area (Å²) in [4.78, 5) is 4.64. The third-order valence-electron chi connectivity index (χ3n) is 0.699. The summed E-state index contributed by atoms with van der Waals surface area (Å²) in [5.41, 5.74) is 0. The number of unbranched alkanes of at least 4 members (excludes halogenated alkanes) is 1. The second kappa shape index (κ2) is 6.45. The maximum absolute atomic E-state index is 4.64. The number of rotatable bonds is 4. The molecule has 0 aromatic carbocycles. The summed E-state index contributed by atoms with van der Waals surface area (Å²) in [6, 6.07) is 0. The van der Waals surface area contributed by atoms with E-state index in [-0.39, 0.29) is 0 Å². The summed E-state index contributed by atoms with van der Waals surface area (Å²) in [6.07, 6.45) is 2.27. The van der Waals surface area contributed by atoms with Crippen molar-refractivity contribution in [2.45, 2.75) is 19.8 Å². The lowest BCUT2D eigenvalue weighted by molar-refractivity contribution is -0.204. The van der Waals surface area contributed by atoms with Crippen molar-refractivity contribution >= 4 is 16.6 Å². The molecule has 7 heavy (non-hydrogen) atoms. The van der Waals surface area contributed by atoms with Gasteiger partial charge in [-0.25, -0.2) is 0 Å². The first-order valence-electron chi connectivity index (χ1n) is 2.57. The predicted molar refractivity (Wildman–Crippen MR) is 30.5 cm³/mol. The molecule has 0 heterocycles. The Balaban J connectivity index is 2.45. The van der Waals surface area contributed by atoms with Gasteiger partial charge < -0.3 is 3.94 Å². The van der Waals surface area contributed by atoms with E-state index in [0.29, 0.717) is 16.6 Å². The number of hydrogen-bond donors (Lipinski definition) is 0. The smallest absolute Gasteiger partial charge is 0.383 e. The lowest BCUT2D eigenvalue weighted by Crippen LogP contribution is -1.91. The molecule has 2 nitrogen and oxygen atoms in total. The molecule has 0 saturated carbocycles. The molecule has 0 spiro atoms. The minimum Gasteiger partial charge on any atom is -0.383 e. The monoisotopic (exact) mass is 118 g/mol. The lowest BCUT2D eigenvalue weighted by Gasteiger charge is -1.96. The molecule has 0 fully saturated rings. The Labute approximate surface area is 52.5 Å². The fourth-order valence-electron chi connectivity index (χ4n) is 0.287. The largest absolute Gasteiger partial charge is 0.465 e. The molecule has 0 aromatic rings.